The third-order valence-corrected chi connectivity index (χ3v) is 3.44. The molecule has 0 rings (SSSR count). The summed E-state index contributed by atoms with van der Waals surface area (Å²) in [5, 5.41) is -0.794. The van der Waals surface area contributed by atoms with E-state index in [2.05, 4.69) is 6.92 Å². The molecule has 1 atom stereocenters. The van der Waals surface area contributed by atoms with Crippen molar-refractivity contribution < 1.29 is 4.39 Å². The monoisotopic (exact) mass is 262 g/mol. The molecule has 0 spiro atoms. The SMILES string of the molecule is CCCCCCCCC(Cl)C(F)(Cl)Cl. The highest BCUT2D eigenvalue weighted by Crippen LogP contribution is 2.33. The summed E-state index contributed by atoms with van der Waals surface area (Å²) < 4.78 is 10.5. The average molecular weight is 264 g/mol. The van der Waals surface area contributed by atoms with E-state index in [1.54, 1.807) is 0 Å². The van der Waals surface area contributed by atoms with Crippen molar-refractivity contribution in [2.75, 3.05) is 0 Å². The zero-order chi connectivity index (χ0) is 11.0. The van der Waals surface area contributed by atoms with Crippen molar-refractivity contribution in [1.82, 2.24) is 0 Å². The van der Waals surface area contributed by atoms with E-state index in [0.29, 0.717) is 6.42 Å². The molecule has 0 saturated heterocycles. The van der Waals surface area contributed by atoms with E-state index < -0.39 is 9.96 Å². The van der Waals surface area contributed by atoms with Crippen LogP contribution in [-0.4, -0.2) is 9.96 Å². The number of rotatable bonds is 8. The van der Waals surface area contributed by atoms with Gasteiger partial charge in [-0.25, -0.2) is 4.39 Å². The minimum Gasteiger partial charge on any atom is -0.206 e. The van der Waals surface area contributed by atoms with Gasteiger partial charge in [0.05, 0.1) is 5.38 Å². The fourth-order valence-corrected chi connectivity index (χ4v) is 1.64. The molecule has 0 aromatic carbocycles. The lowest BCUT2D eigenvalue weighted by atomic mass is 10.1. The number of unbranched alkanes of at least 4 members (excludes halogenated alkanes) is 5. The van der Waals surface area contributed by atoms with Crippen LogP contribution in [0.4, 0.5) is 4.39 Å². The van der Waals surface area contributed by atoms with Crippen molar-refractivity contribution in [2.45, 2.75) is 61.8 Å². The molecule has 0 nitrogen and oxygen atoms in total. The molecule has 0 aliphatic carbocycles. The molecule has 0 aliphatic heterocycles. The van der Waals surface area contributed by atoms with Gasteiger partial charge in [0.25, 0.3) is 4.59 Å². The summed E-state index contributed by atoms with van der Waals surface area (Å²) >= 11 is 16.1. The Hall–Kier alpha value is 0.800. The lowest BCUT2D eigenvalue weighted by molar-refractivity contribution is 0.362. The predicted octanol–water partition coefficient (Wildman–Crippen LogP) is 5.45. The van der Waals surface area contributed by atoms with Gasteiger partial charge in [-0.1, -0.05) is 68.7 Å². The van der Waals surface area contributed by atoms with E-state index >= 15 is 0 Å². The predicted molar refractivity (Wildman–Crippen MR) is 63.2 cm³/mol. The third kappa shape index (κ3) is 8.14. The second-order valence-electron chi connectivity index (χ2n) is 3.57. The summed E-state index contributed by atoms with van der Waals surface area (Å²) in [7, 11) is 0. The lowest BCUT2D eigenvalue weighted by Gasteiger charge is -2.15. The smallest absolute Gasteiger partial charge is 0.206 e. The minimum absolute atomic E-state index is 0.539. The fraction of sp³-hybridized carbons (Fsp3) is 1.00. The van der Waals surface area contributed by atoms with Gasteiger partial charge in [0.15, 0.2) is 0 Å². The maximum Gasteiger partial charge on any atom is 0.273 e. The quantitative estimate of drug-likeness (QED) is 0.404. The second kappa shape index (κ2) is 8.01. The summed E-state index contributed by atoms with van der Waals surface area (Å²) in [6, 6.07) is 0. The molecule has 0 heterocycles. The van der Waals surface area contributed by atoms with E-state index in [4.69, 9.17) is 34.8 Å². The Morgan fingerprint density at radius 3 is 2.07 bits per heavy atom. The maximum absolute atomic E-state index is 12.8. The Morgan fingerprint density at radius 2 is 1.57 bits per heavy atom. The molecule has 4 heteroatoms. The first-order valence-electron chi connectivity index (χ1n) is 5.19. The Labute approximate surface area is 101 Å². The minimum atomic E-state index is -2.29. The van der Waals surface area contributed by atoms with Gasteiger partial charge in [-0.05, 0) is 6.42 Å². The molecule has 14 heavy (non-hydrogen) atoms. The van der Waals surface area contributed by atoms with Crippen LogP contribution in [0.1, 0.15) is 51.9 Å². The number of hydrogen-bond acceptors (Lipinski definition) is 0. The zero-order valence-electron chi connectivity index (χ0n) is 8.54. The summed E-state index contributed by atoms with van der Waals surface area (Å²) in [5.74, 6) is 0. The van der Waals surface area contributed by atoms with Crippen molar-refractivity contribution >= 4 is 34.8 Å². The summed E-state index contributed by atoms with van der Waals surface area (Å²) in [5.41, 5.74) is 0. The molecular weight excluding hydrogens is 245 g/mol. The van der Waals surface area contributed by atoms with E-state index in [0.717, 1.165) is 12.8 Å². The number of halogens is 4. The Bertz CT molecular complexity index is 134. The van der Waals surface area contributed by atoms with Crippen LogP contribution in [0.2, 0.25) is 0 Å². The summed E-state index contributed by atoms with van der Waals surface area (Å²) in [6.45, 7) is 2.17. The normalized spacial score (nSPS) is 14.4. The van der Waals surface area contributed by atoms with Crippen LogP contribution in [0.3, 0.4) is 0 Å². The molecule has 0 N–H and O–H groups in total. The number of hydrogen-bond donors (Lipinski definition) is 0. The standard InChI is InChI=1S/C10H18Cl3F/c1-2-3-4-5-6-7-8-9(11)10(12,13)14/h9H,2-8H2,1H3. The average Bonchev–Trinajstić information content (AvgIpc) is 2.09. The third-order valence-electron chi connectivity index (χ3n) is 2.17. The van der Waals surface area contributed by atoms with Gasteiger partial charge in [0, 0.05) is 0 Å². The van der Waals surface area contributed by atoms with Crippen molar-refractivity contribution in [3.8, 4) is 0 Å². The van der Waals surface area contributed by atoms with Crippen molar-refractivity contribution in [1.29, 1.82) is 0 Å². The molecule has 0 aromatic heterocycles. The molecule has 0 amide bonds. The first-order chi connectivity index (χ1) is 6.48. The van der Waals surface area contributed by atoms with Crippen LogP contribution >= 0.6 is 34.8 Å². The first kappa shape index (κ1) is 14.8. The molecule has 0 aliphatic rings. The van der Waals surface area contributed by atoms with Crippen LogP contribution < -0.4 is 0 Å². The lowest BCUT2D eigenvalue weighted by Crippen LogP contribution is -2.20. The highest BCUT2D eigenvalue weighted by atomic mass is 35.5. The molecule has 0 radical (unpaired) electrons. The Balaban J connectivity index is 3.28. The maximum atomic E-state index is 12.8. The van der Waals surface area contributed by atoms with Gasteiger partial charge in [0.2, 0.25) is 0 Å². The van der Waals surface area contributed by atoms with Crippen molar-refractivity contribution in [2.24, 2.45) is 0 Å². The summed E-state index contributed by atoms with van der Waals surface area (Å²) in [4.78, 5) is 0. The Kier molecular flexibility index (Phi) is 8.47. The fourth-order valence-electron chi connectivity index (χ4n) is 1.27. The molecule has 1 unspecified atom stereocenters. The van der Waals surface area contributed by atoms with Gasteiger partial charge in [-0.15, -0.1) is 11.6 Å². The molecule has 86 valence electrons. The largest absolute Gasteiger partial charge is 0.273 e. The van der Waals surface area contributed by atoms with E-state index in [1.807, 2.05) is 0 Å². The van der Waals surface area contributed by atoms with Gasteiger partial charge >= 0.3 is 0 Å². The van der Waals surface area contributed by atoms with Crippen LogP contribution in [-0.2, 0) is 0 Å². The molecule has 0 fully saturated rings. The first-order valence-corrected chi connectivity index (χ1v) is 6.38. The molecule has 0 saturated carbocycles. The van der Waals surface area contributed by atoms with Crippen molar-refractivity contribution in [3.05, 3.63) is 0 Å². The van der Waals surface area contributed by atoms with Gasteiger partial charge in [-0.2, -0.15) is 0 Å². The second-order valence-corrected chi connectivity index (χ2v) is 5.39. The zero-order valence-corrected chi connectivity index (χ0v) is 10.8. The molecule has 0 bridgehead atoms. The Morgan fingerprint density at radius 1 is 1.07 bits per heavy atom. The van der Waals surface area contributed by atoms with Crippen LogP contribution in [0, 0.1) is 0 Å². The van der Waals surface area contributed by atoms with E-state index in [-0.39, 0.29) is 0 Å². The summed E-state index contributed by atoms with van der Waals surface area (Å²) in [6.07, 6.45) is 7.43. The highest BCUT2D eigenvalue weighted by molar-refractivity contribution is 6.51. The van der Waals surface area contributed by atoms with E-state index in [9.17, 15) is 4.39 Å². The molecular formula is C10H18Cl3F. The van der Waals surface area contributed by atoms with Crippen molar-refractivity contribution in [3.63, 3.8) is 0 Å². The van der Waals surface area contributed by atoms with E-state index in [1.165, 1.54) is 25.7 Å². The van der Waals surface area contributed by atoms with Crippen LogP contribution in [0.15, 0.2) is 0 Å². The van der Waals surface area contributed by atoms with Crippen LogP contribution in [0.5, 0.6) is 0 Å². The topological polar surface area (TPSA) is 0 Å². The van der Waals surface area contributed by atoms with Gasteiger partial charge in [0.1, 0.15) is 0 Å². The highest BCUT2D eigenvalue weighted by Gasteiger charge is 2.32. The number of alkyl halides is 4. The molecule has 0 aromatic rings. The van der Waals surface area contributed by atoms with Gasteiger partial charge < -0.3 is 0 Å². The van der Waals surface area contributed by atoms with Crippen LogP contribution in [0.25, 0.3) is 0 Å². The van der Waals surface area contributed by atoms with Gasteiger partial charge in [-0.3, -0.25) is 0 Å².